The Morgan fingerprint density at radius 3 is 2.42 bits per heavy atom. The molecular formula is C17H27Cl2N3O2. The van der Waals surface area contributed by atoms with Gasteiger partial charge in [0.25, 0.3) is 5.91 Å². The van der Waals surface area contributed by atoms with Crippen molar-refractivity contribution in [2.45, 2.75) is 12.8 Å². The number of halogens is 2. The Balaban J connectivity index is 0.00000144. The maximum absolute atomic E-state index is 12.5. The van der Waals surface area contributed by atoms with Crippen molar-refractivity contribution < 1.29 is 9.53 Å². The lowest BCUT2D eigenvalue weighted by Crippen LogP contribution is -2.44. The molecule has 24 heavy (non-hydrogen) atoms. The predicted molar refractivity (Wildman–Crippen MR) is 101 cm³/mol. The first-order chi connectivity index (χ1) is 10.7. The average Bonchev–Trinajstić information content (AvgIpc) is 2.56. The number of hydrogen-bond acceptors (Lipinski definition) is 4. The van der Waals surface area contributed by atoms with Gasteiger partial charge >= 0.3 is 0 Å². The summed E-state index contributed by atoms with van der Waals surface area (Å²) in [7, 11) is 0. The van der Waals surface area contributed by atoms with Gasteiger partial charge in [-0.05, 0) is 37.0 Å². The molecule has 7 heteroatoms. The van der Waals surface area contributed by atoms with E-state index in [1.54, 1.807) is 6.07 Å². The van der Waals surface area contributed by atoms with Gasteiger partial charge in [-0.25, -0.2) is 0 Å². The molecule has 1 aromatic rings. The summed E-state index contributed by atoms with van der Waals surface area (Å²) in [4.78, 5) is 16.9. The quantitative estimate of drug-likeness (QED) is 0.823. The highest BCUT2D eigenvalue weighted by Crippen LogP contribution is 2.21. The summed E-state index contributed by atoms with van der Waals surface area (Å²) >= 11 is 0. The van der Waals surface area contributed by atoms with E-state index in [0.717, 1.165) is 58.8 Å². The number of nitrogens with zero attached hydrogens (tertiary/aromatic N) is 2. The number of morpholine rings is 1. The van der Waals surface area contributed by atoms with Crippen LogP contribution in [0, 0.1) is 5.92 Å². The molecule has 2 aliphatic heterocycles. The number of piperidine rings is 1. The van der Waals surface area contributed by atoms with E-state index in [-0.39, 0.29) is 30.7 Å². The fourth-order valence-corrected chi connectivity index (χ4v) is 3.32. The topological polar surface area (TPSA) is 58.8 Å². The van der Waals surface area contributed by atoms with Crippen molar-refractivity contribution in [1.29, 1.82) is 0 Å². The SMILES string of the molecule is Cl.Cl.Nc1cccc(C(=O)N2CCC(CN3CCOCC3)CC2)c1. The molecule has 2 aliphatic rings. The van der Waals surface area contributed by atoms with Crippen LogP contribution in [0.3, 0.4) is 0 Å². The van der Waals surface area contributed by atoms with Crippen molar-refractivity contribution in [3.8, 4) is 0 Å². The Morgan fingerprint density at radius 2 is 1.79 bits per heavy atom. The molecule has 0 bridgehead atoms. The Morgan fingerprint density at radius 1 is 1.12 bits per heavy atom. The zero-order valence-corrected chi connectivity index (χ0v) is 15.5. The van der Waals surface area contributed by atoms with E-state index in [9.17, 15) is 4.79 Å². The maximum Gasteiger partial charge on any atom is 0.253 e. The van der Waals surface area contributed by atoms with E-state index >= 15 is 0 Å². The zero-order valence-electron chi connectivity index (χ0n) is 13.9. The highest BCUT2D eigenvalue weighted by Gasteiger charge is 2.25. The number of nitrogen functional groups attached to an aromatic ring is 1. The van der Waals surface area contributed by atoms with E-state index in [1.807, 2.05) is 23.1 Å². The third-order valence-corrected chi connectivity index (χ3v) is 4.66. The van der Waals surface area contributed by atoms with Crippen molar-refractivity contribution in [1.82, 2.24) is 9.80 Å². The molecule has 5 nitrogen and oxygen atoms in total. The van der Waals surface area contributed by atoms with Crippen molar-refractivity contribution in [2.24, 2.45) is 5.92 Å². The third-order valence-electron chi connectivity index (χ3n) is 4.66. The molecule has 2 heterocycles. The number of likely N-dealkylation sites (tertiary alicyclic amines) is 1. The van der Waals surface area contributed by atoms with Gasteiger partial charge in [0.05, 0.1) is 13.2 Å². The second kappa shape index (κ2) is 10.1. The molecule has 0 radical (unpaired) electrons. The van der Waals surface area contributed by atoms with E-state index < -0.39 is 0 Å². The smallest absolute Gasteiger partial charge is 0.253 e. The first-order valence-electron chi connectivity index (χ1n) is 8.17. The molecule has 2 N–H and O–H groups in total. The van der Waals surface area contributed by atoms with Gasteiger partial charge in [-0.3, -0.25) is 9.69 Å². The second-order valence-electron chi connectivity index (χ2n) is 6.27. The first-order valence-corrected chi connectivity index (χ1v) is 8.17. The minimum Gasteiger partial charge on any atom is -0.399 e. The van der Waals surface area contributed by atoms with Crippen LogP contribution < -0.4 is 5.73 Å². The van der Waals surface area contributed by atoms with Crippen LogP contribution in [0.4, 0.5) is 5.69 Å². The molecule has 3 rings (SSSR count). The summed E-state index contributed by atoms with van der Waals surface area (Å²) in [5.74, 6) is 0.806. The number of ether oxygens (including phenoxy) is 1. The minimum absolute atomic E-state index is 0. The lowest BCUT2D eigenvalue weighted by atomic mass is 9.95. The number of carbonyl (C=O) groups excluding carboxylic acids is 1. The van der Waals surface area contributed by atoms with Gasteiger partial charge in [0.1, 0.15) is 0 Å². The lowest BCUT2D eigenvalue weighted by molar-refractivity contribution is 0.0243. The Bertz CT molecular complexity index is 516. The van der Waals surface area contributed by atoms with Gasteiger partial charge in [-0.1, -0.05) is 6.07 Å². The van der Waals surface area contributed by atoms with Gasteiger partial charge in [0.15, 0.2) is 0 Å². The first kappa shape index (κ1) is 21.0. The maximum atomic E-state index is 12.5. The molecule has 0 atom stereocenters. The third kappa shape index (κ3) is 5.52. The highest BCUT2D eigenvalue weighted by molar-refractivity contribution is 5.95. The standard InChI is InChI=1S/C17H25N3O2.2ClH/c18-16-3-1-2-15(12-16)17(21)20-6-4-14(5-7-20)13-19-8-10-22-11-9-19;;/h1-3,12,14H,4-11,13,18H2;2*1H. The number of anilines is 1. The van der Waals surface area contributed by atoms with Crippen LogP contribution in [-0.4, -0.2) is 61.6 Å². The number of benzene rings is 1. The molecule has 1 aromatic carbocycles. The van der Waals surface area contributed by atoms with Crippen molar-refractivity contribution in [2.75, 3.05) is 51.7 Å². The van der Waals surface area contributed by atoms with Gasteiger partial charge in [0.2, 0.25) is 0 Å². The van der Waals surface area contributed by atoms with Crippen LogP contribution in [0.1, 0.15) is 23.2 Å². The van der Waals surface area contributed by atoms with Gasteiger partial charge < -0.3 is 15.4 Å². The molecular weight excluding hydrogens is 349 g/mol. The minimum atomic E-state index is 0. The van der Waals surface area contributed by atoms with Crippen molar-refractivity contribution in [3.63, 3.8) is 0 Å². The van der Waals surface area contributed by atoms with Crippen LogP contribution in [0.25, 0.3) is 0 Å². The highest BCUT2D eigenvalue weighted by atomic mass is 35.5. The number of nitrogens with two attached hydrogens (primary N) is 1. The number of rotatable bonds is 3. The summed E-state index contributed by atoms with van der Waals surface area (Å²) in [5.41, 5.74) is 7.11. The molecule has 0 unspecified atom stereocenters. The summed E-state index contributed by atoms with van der Waals surface area (Å²) in [6.45, 7) is 6.64. The van der Waals surface area contributed by atoms with E-state index in [2.05, 4.69) is 4.90 Å². The van der Waals surface area contributed by atoms with E-state index in [0.29, 0.717) is 17.2 Å². The van der Waals surface area contributed by atoms with E-state index in [4.69, 9.17) is 10.5 Å². The van der Waals surface area contributed by atoms with Crippen LogP contribution in [0.15, 0.2) is 24.3 Å². The molecule has 0 aliphatic carbocycles. The normalized spacial score (nSPS) is 19.2. The van der Waals surface area contributed by atoms with E-state index in [1.165, 1.54) is 0 Å². The summed E-state index contributed by atoms with van der Waals surface area (Å²) < 4.78 is 5.39. The largest absolute Gasteiger partial charge is 0.399 e. The zero-order chi connectivity index (χ0) is 15.4. The Labute approximate surface area is 156 Å². The molecule has 2 fully saturated rings. The van der Waals surface area contributed by atoms with Crippen molar-refractivity contribution in [3.05, 3.63) is 29.8 Å². The Kier molecular flexibility index (Phi) is 8.84. The number of amides is 1. The van der Waals surface area contributed by atoms with Gasteiger partial charge in [0, 0.05) is 44.0 Å². The summed E-state index contributed by atoms with van der Waals surface area (Å²) in [6.07, 6.45) is 2.18. The molecule has 0 spiro atoms. The fourth-order valence-electron chi connectivity index (χ4n) is 3.32. The van der Waals surface area contributed by atoms with Gasteiger partial charge in [-0.15, -0.1) is 24.8 Å². The van der Waals surface area contributed by atoms with Crippen molar-refractivity contribution >= 4 is 36.4 Å². The fraction of sp³-hybridized carbons (Fsp3) is 0.588. The van der Waals surface area contributed by atoms with Crippen LogP contribution in [-0.2, 0) is 4.74 Å². The molecule has 136 valence electrons. The second-order valence-corrected chi connectivity index (χ2v) is 6.27. The van der Waals surface area contributed by atoms with Crippen LogP contribution in [0.5, 0.6) is 0 Å². The average molecular weight is 376 g/mol. The lowest BCUT2D eigenvalue weighted by Gasteiger charge is -2.36. The van der Waals surface area contributed by atoms with Crippen LogP contribution >= 0.6 is 24.8 Å². The predicted octanol–water partition coefficient (Wildman–Crippen LogP) is 2.30. The monoisotopic (exact) mass is 375 g/mol. The summed E-state index contributed by atoms with van der Waals surface area (Å²) in [6, 6.07) is 7.26. The molecule has 0 saturated carbocycles. The molecule has 1 amide bonds. The molecule has 2 saturated heterocycles. The number of carbonyl (C=O) groups is 1. The van der Waals surface area contributed by atoms with Crippen LogP contribution in [0.2, 0.25) is 0 Å². The summed E-state index contributed by atoms with van der Waals surface area (Å²) in [5, 5.41) is 0. The molecule has 0 aromatic heterocycles. The number of hydrogen-bond donors (Lipinski definition) is 1. The van der Waals surface area contributed by atoms with Gasteiger partial charge in [-0.2, -0.15) is 0 Å². The Hall–Kier alpha value is -1.01.